The Labute approximate surface area is 99.1 Å². The average Bonchev–Trinajstić information content (AvgIpc) is 2.29. The summed E-state index contributed by atoms with van der Waals surface area (Å²) in [6.45, 7) is 11.1. The predicted molar refractivity (Wildman–Crippen MR) is 70.0 cm³/mol. The third-order valence-electron chi connectivity index (χ3n) is 2.73. The molecule has 0 amide bonds. The van der Waals surface area contributed by atoms with Gasteiger partial charge in [-0.2, -0.15) is 0 Å². The van der Waals surface area contributed by atoms with Crippen LogP contribution in [0.5, 0.6) is 5.75 Å². The minimum absolute atomic E-state index is 0.529. The molecule has 1 rings (SSSR count). The van der Waals surface area contributed by atoms with Gasteiger partial charge in [0.25, 0.3) is 0 Å². The minimum atomic E-state index is 0.529. The van der Waals surface area contributed by atoms with E-state index in [4.69, 9.17) is 4.74 Å². The highest BCUT2D eigenvalue weighted by Crippen LogP contribution is 2.20. The van der Waals surface area contributed by atoms with Crippen LogP contribution >= 0.6 is 0 Å². The van der Waals surface area contributed by atoms with Gasteiger partial charge < -0.3 is 4.74 Å². The van der Waals surface area contributed by atoms with E-state index in [1.807, 2.05) is 6.08 Å². The lowest BCUT2D eigenvalue weighted by molar-refractivity contribution is 0.317. The van der Waals surface area contributed by atoms with Crippen molar-refractivity contribution in [3.63, 3.8) is 0 Å². The number of allylic oxidation sites excluding steroid dienone is 1. The molecule has 1 aromatic rings. The van der Waals surface area contributed by atoms with Crippen LogP contribution in [-0.2, 0) is 6.42 Å². The van der Waals surface area contributed by atoms with E-state index in [0.717, 1.165) is 25.2 Å². The van der Waals surface area contributed by atoms with E-state index >= 15 is 0 Å². The van der Waals surface area contributed by atoms with Gasteiger partial charge in [0.05, 0.1) is 6.61 Å². The lowest BCUT2D eigenvalue weighted by Gasteiger charge is -2.11. The molecule has 0 aliphatic carbocycles. The van der Waals surface area contributed by atoms with Crippen LogP contribution in [-0.4, -0.2) is 6.61 Å². The van der Waals surface area contributed by atoms with Crippen LogP contribution in [0.25, 0.3) is 0 Å². The van der Waals surface area contributed by atoms with Gasteiger partial charge in [-0.05, 0) is 48.9 Å². The van der Waals surface area contributed by atoms with E-state index in [1.165, 1.54) is 11.1 Å². The molecule has 0 N–H and O–H groups in total. The summed E-state index contributed by atoms with van der Waals surface area (Å²) in [7, 11) is 0. The third kappa shape index (κ3) is 3.73. The fourth-order valence-corrected chi connectivity index (χ4v) is 1.64. The van der Waals surface area contributed by atoms with Gasteiger partial charge in [0.1, 0.15) is 5.75 Å². The lowest BCUT2D eigenvalue weighted by Crippen LogP contribution is -2.00. The van der Waals surface area contributed by atoms with E-state index < -0.39 is 0 Å². The van der Waals surface area contributed by atoms with Crippen molar-refractivity contribution in [2.45, 2.75) is 33.6 Å². The number of hydrogen-bond acceptors (Lipinski definition) is 1. The molecule has 0 aliphatic heterocycles. The Bertz CT molecular complexity index is 341. The molecule has 0 fully saturated rings. The second-order valence-corrected chi connectivity index (χ2v) is 4.35. The van der Waals surface area contributed by atoms with Crippen molar-refractivity contribution < 1.29 is 4.74 Å². The van der Waals surface area contributed by atoms with Crippen LogP contribution in [0.1, 0.15) is 31.4 Å². The van der Waals surface area contributed by atoms with Gasteiger partial charge in [-0.1, -0.05) is 26.0 Å². The molecular formula is C15H22O. The van der Waals surface area contributed by atoms with Crippen molar-refractivity contribution in [2.75, 3.05) is 6.61 Å². The molecule has 1 nitrogen and oxygen atoms in total. The van der Waals surface area contributed by atoms with Crippen LogP contribution in [0.15, 0.2) is 30.9 Å². The van der Waals surface area contributed by atoms with Gasteiger partial charge in [-0.3, -0.25) is 0 Å². The smallest absolute Gasteiger partial charge is 0.119 e. The van der Waals surface area contributed by atoms with E-state index in [2.05, 4.69) is 45.5 Å². The summed E-state index contributed by atoms with van der Waals surface area (Å²) in [4.78, 5) is 0. The Morgan fingerprint density at radius 3 is 2.75 bits per heavy atom. The van der Waals surface area contributed by atoms with Crippen molar-refractivity contribution >= 4 is 0 Å². The second-order valence-electron chi connectivity index (χ2n) is 4.35. The maximum atomic E-state index is 5.60. The molecule has 0 aliphatic rings. The van der Waals surface area contributed by atoms with Gasteiger partial charge in [0, 0.05) is 0 Å². The Kier molecular flexibility index (Phi) is 5.10. The second kappa shape index (κ2) is 6.37. The van der Waals surface area contributed by atoms with Gasteiger partial charge >= 0.3 is 0 Å². The zero-order valence-corrected chi connectivity index (χ0v) is 10.6. The first-order valence-electron chi connectivity index (χ1n) is 6.02. The first-order valence-corrected chi connectivity index (χ1v) is 6.02. The molecule has 0 radical (unpaired) electrons. The molecule has 1 aromatic carbocycles. The van der Waals surface area contributed by atoms with Crippen LogP contribution in [0.2, 0.25) is 0 Å². The maximum absolute atomic E-state index is 5.60. The number of benzene rings is 1. The van der Waals surface area contributed by atoms with Gasteiger partial charge in [-0.15, -0.1) is 6.58 Å². The summed E-state index contributed by atoms with van der Waals surface area (Å²) in [5.41, 5.74) is 2.69. The highest BCUT2D eigenvalue weighted by atomic mass is 16.5. The fraction of sp³-hybridized carbons (Fsp3) is 0.467. The first kappa shape index (κ1) is 12.8. The van der Waals surface area contributed by atoms with Gasteiger partial charge in [0.15, 0.2) is 0 Å². The number of ether oxygens (including phenoxy) is 1. The monoisotopic (exact) mass is 218 g/mol. The highest BCUT2D eigenvalue weighted by molar-refractivity contribution is 5.35. The SMILES string of the molecule is C=CC(C)Cc1ccc(OCCC)cc1C. The van der Waals surface area contributed by atoms with Crippen LogP contribution < -0.4 is 4.74 Å². The molecular weight excluding hydrogens is 196 g/mol. The highest BCUT2D eigenvalue weighted by Gasteiger charge is 2.04. The summed E-state index contributed by atoms with van der Waals surface area (Å²) in [5, 5.41) is 0. The number of aryl methyl sites for hydroxylation is 1. The molecule has 88 valence electrons. The molecule has 0 heterocycles. The Hall–Kier alpha value is -1.24. The van der Waals surface area contributed by atoms with Crippen molar-refractivity contribution in [1.29, 1.82) is 0 Å². The predicted octanol–water partition coefficient (Wildman–Crippen LogP) is 4.15. The molecule has 0 saturated carbocycles. The molecule has 0 spiro atoms. The van der Waals surface area contributed by atoms with E-state index in [1.54, 1.807) is 0 Å². The van der Waals surface area contributed by atoms with Crippen LogP contribution in [0.4, 0.5) is 0 Å². The summed E-state index contributed by atoms with van der Waals surface area (Å²) in [6.07, 6.45) is 4.11. The fourth-order valence-electron chi connectivity index (χ4n) is 1.64. The van der Waals surface area contributed by atoms with E-state index in [9.17, 15) is 0 Å². The van der Waals surface area contributed by atoms with Crippen LogP contribution in [0.3, 0.4) is 0 Å². The zero-order chi connectivity index (χ0) is 12.0. The summed E-state index contributed by atoms with van der Waals surface area (Å²) >= 11 is 0. The standard InChI is InChI=1S/C15H22O/c1-5-9-16-15-8-7-14(13(4)11-15)10-12(3)6-2/h6-8,11-12H,2,5,9-10H2,1,3-4H3. The molecule has 0 saturated heterocycles. The van der Waals surface area contributed by atoms with Gasteiger partial charge in [-0.25, -0.2) is 0 Å². The normalized spacial score (nSPS) is 12.2. The topological polar surface area (TPSA) is 9.23 Å². The quantitative estimate of drug-likeness (QED) is 0.652. The average molecular weight is 218 g/mol. The molecule has 0 bridgehead atoms. The van der Waals surface area contributed by atoms with Crippen molar-refractivity contribution in [2.24, 2.45) is 5.92 Å². The first-order chi connectivity index (χ1) is 7.67. The Balaban J connectivity index is 2.71. The molecule has 1 heteroatoms. The summed E-state index contributed by atoms with van der Waals surface area (Å²) < 4.78 is 5.60. The van der Waals surface area contributed by atoms with E-state index in [-0.39, 0.29) is 0 Å². The number of hydrogen-bond donors (Lipinski definition) is 0. The van der Waals surface area contributed by atoms with Gasteiger partial charge in [0.2, 0.25) is 0 Å². The Morgan fingerprint density at radius 2 is 2.19 bits per heavy atom. The Morgan fingerprint density at radius 1 is 1.44 bits per heavy atom. The molecule has 0 aromatic heterocycles. The summed E-state index contributed by atoms with van der Waals surface area (Å²) in [6, 6.07) is 6.36. The third-order valence-corrected chi connectivity index (χ3v) is 2.73. The van der Waals surface area contributed by atoms with E-state index in [0.29, 0.717) is 5.92 Å². The summed E-state index contributed by atoms with van der Waals surface area (Å²) in [5.74, 6) is 1.51. The minimum Gasteiger partial charge on any atom is -0.494 e. The zero-order valence-electron chi connectivity index (χ0n) is 10.6. The van der Waals surface area contributed by atoms with Crippen molar-refractivity contribution in [3.8, 4) is 5.75 Å². The molecule has 16 heavy (non-hydrogen) atoms. The molecule has 1 atom stereocenters. The van der Waals surface area contributed by atoms with Crippen molar-refractivity contribution in [3.05, 3.63) is 42.0 Å². The van der Waals surface area contributed by atoms with Crippen LogP contribution in [0, 0.1) is 12.8 Å². The largest absolute Gasteiger partial charge is 0.494 e. The molecule has 1 unspecified atom stereocenters. The number of rotatable bonds is 6. The van der Waals surface area contributed by atoms with Crippen molar-refractivity contribution in [1.82, 2.24) is 0 Å². The lowest BCUT2D eigenvalue weighted by atomic mass is 9.97. The maximum Gasteiger partial charge on any atom is 0.119 e.